The summed E-state index contributed by atoms with van der Waals surface area (Å²) in [6.07, 6.45) is 0. The minimum atomic E-state index is -0.166. The van der Waals surface area contributed by atoms with Crippen LogP contribution in [0, 0.1) is 18.3 Å². The number of fused-ring (bicyclic) bond motifs is 1. The van der Waals surface area contributed by atoms with Crippen molar-refractivity contribution in [2.24, 2.45) is 0 Å². The quantitative estimate of drug-likeness (QED) is 0.507. The zero-order chi connectivity index (χ0) is 21.1. The number of hydrogen-bond donors (Lipinski definition) is 1. The van der Waals surface area contributed by atoms with E-state index in [4.69, 9.17) is 9.47 Å². The number of nitriles is 1. The Morgan fingerprint density at radius 1 is 1.20 bits per heavy atom. The molecule has 2 aromatic carbocycles. The fourth-order valence-corrected chi connectivity index (χ4v) is 3.92. The Hall–Kier alpha value is -3.02. The van der Waals surface area contributed by atoms with Crippen molar-refractivity contribution in [3.8, 4) is 28.8 Å². The number of carbonyl (C=O) groups excluding carboxylic acids is 1. The predicted molar refractivity (Wildman–Crippen MR) is 119 cm³/mol. The summed E-state index contributed by atoms with van der Waals surface area (Å²) in [6, 6.07) is 16.8. The molecule has 3 aromatic rings. The number of benzene rings is 2. The molecule has 4 rings (SSSR count). The van der Waals surface area contributed by atoms with Crippen LogP contribution in [0.5, 0.6) is 11.5 Å². The van der Waals surface area contributed by atoms with Gasteiger partial charge in [-0.2, -0.15) is 5.26 Å². The number of halogens is 1. The summed E-state index contributed by atoms with van der Waals surface area (Å²) >= 11 is 4.67. The molecule has 1 N–H and O–H groups in total. The summed E-state index contributed by atoms with van der Waals surface area (Å²) in [5.41, 5.74) is 3.73. The van der Waals surface area contributed by atoms with E-state index < -0.39 is 0 Å². The molecule has 1 aliphatic rings. The normalized spacial score (nSPS) is 11.8. The number of ether oxygens (including phenoxy) is 2. The minimum Gasteiger partial charge on any atom is -0.454 e. The van der Waals surface area contributed by atoms with Gasteiger partial charge in [0.1, 0.15) is 11.1 Å². The van der Waals surface area contributed by atoms with Crippen molar-refractivity contribution in [2.75, 3.05) is 17.9 Å². The number of thioether (sulfide) groups is 1. The third-order valence-corrected chi connectivity index (χ3v) is 6.31. The molecule has 6 nitrogen and oxygen atoms in total. The van der Waals surface area contributed by atoms with E-state index in [0.717, 1.165) is 21.3 Å². The molecule has 30 heavy (non-hydrogen) atoms. The van der Waals surface area contributed by atoms with Crippen LogP contribution in [0.25, 0.3) is 11.3 Å². The molecule has 2 heterocycles. The Labute approximate surface area is 186 Å². The van der Waals surface area contributed by atoms with Crippen LogP contribution < -0.4 is 14.8 Å². The van der Waals surface area contributed by atoms with E-state index in [1.807, 2.05) is 43.3 Å². The van der Waals surface area contributed by atoms with Gasteiger partial charge in [0.2, 0.25) is 12.7 Å². The van der Waals surface area contributed by atoms with Gasteiger partial charge < -0.3 is 14.8 Å². The summed E-state index contributed by atoms with van der Waals surface area (Å²) in [7, 11) is 0. The molecule has 0 saturated carbocycles. The van der Waals surface area contributed by atoms with Crippen molar-refractivity contribution >= 4 is 39.3 Å². The van der Waals surface area contributed by atoms with Gasteiger partial charge in [0, 0.05) is 15.7 Å². The molecule has 1 amide bonds. The number of amides is 1. The molecule has 0 aliphatic carbocycles. The monoisotopic (exact) mass is 481 g/mol. The van der Waals surface area contributed by atoms with Crippen LogP contribution >= 0.6 is 27.7 Å². The van der Waals surface area contributed by atoms with Crippen molar-refractivity contribution in [1.82, 2.24) is 4.98 Å². The molecule has 1 aromatic heterocycles. The van der Waals surface area contributed by atoms with Crippen molar-refractivity contribution < 1.29 is 14.3 Å². The van der Waals surface area contributed by atoms with Gasteiger partial charge in [-0.05, 0) is 61.0 Å². The lowest BCUT2D eigenvalue weighted by atomic mass is 10.1. The van der Waals surface area contributed by atoms with Crippen molar-refractivity contribution in [2.45, 2.75) is 11.9 Å². The Kier molecular flexibility index (Phi) is 5.93. The molecular formula is C22H16BrN3O3S. The van der Waals surface area contributed by atoms with Crippen LogP contribution in [0.3, 0.4) is 0 Å². The standard InChI is InChI=1S/C22H16BrN3O3S/c1-13-8-16(4-5-17(13)23)25-21(27)11-30-22-15(10-24)2-6-18(26-22)14-3-7-19-20(9-14)29-12-28-19/h2-9H,11-12H2,1H3,(H,25,27). The molecule has 0 unspecified atom stereocenters. The third-order valence-electron chi connectivity index (χ3n) is 4.43. The van der Waals surface area contributed by atoms with Gasteiger partial charge in [0.15, 0.2) is 11.5 Å². The average molecular weight is 482 g/mol. The summed E-state index contributed by atoms with van der Waals surface area (Å²) in [5, 5.41) is 12.8. The molecule has 150 valence electrons. The van der Waals surface area contributed by atoms with Crippen LogP contribution in [-0.2, 0) is 4.79 Å². The second kappa shape index (κ2) is 8.78. The van der Waals surface area contributed by atoms with Gasteiger partial charge in [0.25, 0.3) is 0 Å². The Morgan fingerprint density at radius 2 is 2.03 bits per heavy atom. The first-order valence-corrected chi connectivity index (χ1v) is 10.8. The molecule has 0 atom stereocenters. The summed E-state index contributed by atoms with van der Waals surface area (Å²) in [5.74, 6) is 1.33. The first-order chi connectivity index (χ1) is 14.5. The highest BCUT2D eigenvalue weighted by Crippen LogP contribution is 2.36. The van der Waals surface area contributed by atoms with Gasteiger partial charge in [-0.15, -0.1) is 0 Å². The zero-order valence-electron chi connectivity index (χ0n) is 15.9. The van der Waals surface area contributed by atoms with Gasteiger partial charge in [-0.1, -0.05) is 27.7 Å². The zero-order valence-corrected chi connectivity index (χ0v) is 18.3. The lowest BCUT2D eigenvalue weighted by molar-refractivity contribution is -0.113. The molecular weight excluding hydrogens is 466 g/mol. The number of nitrogens with one attached hydrogen (secondary N) is 1. The van der Waals surface area contributed by atoms with Crippen LogP contribution in [0.15, 0.2) is 58.0 Å². The van der Waals surface area contributed by atoms with Gasteiger partial charge in [-0.25, -0.2) is 4.98 Å². The van der Waals surface area contributed by atoms with E-state index in [0.29, 0.717) is 27.8 Å². The lowest BCUT2D eigenvalue weighted by Crippen LogP contribution is -2.14. The summed E-state index contributed by atoms with van der Waals surface area (Å²) in [6.45, 7) is 2.16. The maximum absolute atomic E-state index is 12.4. The van der Waals surface area contributed by atoms with E-state index in [1.165, 1.54) is 11.8 Å². The van der Waals surface area contributed by atoms with E-state index in [-0.39, 0.29) is 18.5 Å². The van der Waals surface area contributed by atoms with Gasteiger partial charge >= 0.3 is 0 Å². The third kappa shape index (κ3) is 4.42. The number of pyridine rings is 1. The Bertz CT molecular complexity index is 1180. The number of aryl methyl sites for hydroxylation is 1. The first kappa shape index (κ1) is 20.3. The maximum Gasteiger partial charge on any atom is 0.234 e. The molecule has 1 aliphatic heterocycles. The summed E-state index contributed by atoms with van der Waals surface area (Å²) in [4.78, 5) is 17.0. The number of carbonyl (C=O) groups is 1. The molecule has 0 radical (unpaired) electrons. The number of hydrogen-bond acceptors (Lipinski definition) is 6. The largest absolute Gasteiger partial charge is 0.454 e. The van der Waals surface area contributed by atoms with Crippen molar-refractivity contribution in [3.63, 3.8) is 0 Å². The summed E-state index contributed by atoms with van der Waals surface area (Å²) < 4.78 is 11.7. The topological polar surface area (TPSA) is 84.2 Å². The number of rotatable bonds is 5. The Balaban J connectivity index is 1.49. The van der Waals surface area contributed by atoms with E-state index in [1.54, 1.807) is 12.1 Å². The predicted octanol–water partition coefficient (Wildman–Crippen LogP) is 5.15. The first-order valence-electron chi connectivity index (χ1n) is 9.03. The van der Waals surface area contributed by atoms with Crippen LogP contribution in [0.1, 0.15) is 11.1 Å². The Morgan fingerprint density at radius 3 is 2.83 bits per heavy atom. The van der Waals surface area contributed by atoms with E-state index >= 15 is 0 Å². The van der Waals surface area contributed by atoms with Gasteiger partial charge in [0.05, 0.1) is 17.0 Å². The fraction of sp³-hybridized carbons (Fsp3) is 0.136. The van der Waals surface area contributed by atoms with Crippen LogP contribution in [0.4, 0.5) is 5.69 Å². The van der Waals surface area contributed by atoms with E-state index in [2.05, 4.69) is 32.3 Å². The lowest BCUT2D eigenvalue weighted by Gasteiger charge is -2.09. The van der Waals surface area contributed by atoms with Crippen molar-refractivity contribution in [3.05, 3.63) is 64.1 Å². The van der Waals surface area contributed by atoms with E-state index in [9.17, 15) is 10.1 Å². The fourth-order valence-electron chi connectivity index (χ4n) is 2.91. The number of aromatic nitrogens is 1. The number of nitrogens with zero attached hydrogens (tertiary/aromatic N) is 2. The average Bonchev–Trinajstić information content (AvgIpc) is 3.22. The highest BCUT2D eigenvalue weighted by molar-refractivity contribution is 9.10. The second-order valence-corrected chi connectivity index (χ2v) is 8.35. The van der Waals surface area contributed by atoms with Crippen LogP contribution in [-0.4, -0.2) is 23.4 Å². The van der Waals surface area contributed by atoms with Gasteiger partial charge in [-0.3, -0.25) is 4.79 Å². The number of anilines is 1. The second-order valence-electron chi connectivity index (χ2n) is 6.53. The smallest absolute Gasteiger partial charge is 0.234 e. The highest BCUT2D eigenvalue weighted by Gasteiger charge is 2.16. The molecule has 0 fully saturated rings. The highest BCUT2D eigenvalue weighted by atomic mass is 79.9. The minimum absolute atomic E-state index is 0.140. The molecule has 8 heteroatoms. The maximum atomic E-state index is 12.4. The molecule has 0 bridgehead atoms. The van der Waals surface area contributed by atoms with Crippen molar-refractivity contribution in [1.29, 1.82) is 5.26 Å². The SMILES string of the molecule is Cc1cc(NC(=O)CSc2nc(-c3ccc4c(c3)OCO4)ccc2C#N)ccc1Br. The molecule has 0 saturated heterocycles. The van der Waals surface area contributed by atoms with Crippen LogP contribution in [0.2, 0.25) is 0 Å². The molecule has 0 spiro atoms.